The van der Waals surface area contributed by atoms with Crippen molar-refractivity contribution in [3.8, 4) is 11.8 Å². The average Bonchev–Trinajstić information content (AvgIpc) is 2.39. The third-order valence-electron chi connectivity index (χ3n) is 2.75. The highest BCUT2D eigenvalue weighted by atomic mass is 79.9. The Bertz CT molecular complexity index is 495. The van der Waals surface area contributed by atoms with Crippen molar-refractivity contribution in [3.05, 3.63) is 28.2 Å². The molecule has 0 heterocycles. The third-order valence-corrected chi connectivity index (χ3v) is 3.44. The molecule has 4 nitrogen and oxygen atoms in total. The van der Waals surface area contributed by atoms with E-state index in [1.165, 1.54) is 0 Å². The van der Waals surface area contributed by atoms with E-state index in [9.17, 15) is 4.79 Å². The van der Waals surface area contributed by atoms with Crippen LogP contribution >= 0.6 is 15.9 Å². The molecule has 19 heavy (non-hydrogen) atoms. The molecule has 0 saturated carbocycles. The molecule has 0 aliphatic rings. The van der Waals surface area contributed by atoms with Gasteiger partial charge in [0.25, 0.3) is 5.91 Å². The molecule has 1 aromatic rings. The lowest BCUT2D eigenvalue weighted by molar-refractivity contribution is 0.0709. The predicted octanol–water partition coefficient (Wildman–Crippen LogP) is 3.22. The van der Waals surface area contributed by atoms with Gasteiger partial charge in [-0.15, -0.1) is 0 Å². The highest BCUT2D eigenvalue weighted by molar-refractivity contribution is 9.10. The number of methoxy groups -OCH3 is 1. The molecule has 0 atom stereocenters. The van der Waals surface area contributed by atoms with Crippen LogP contribution in [0.1, 0.15) is 30.6 Å². The summed E-state index contributed by atoms with van der Waals surface area (Å²) in [5, 5.41) is 8.67. The van der Waals surface area contributed by atoms with Crippen LogP contribution in [0.3, 0.4) is 0 Å². The summed E-state index contributed by atoms with van der Waals surface area (Å²) in [5.41, 5.74) is 0.547. The summed E-state index contributed by atoms with van der Waals surface area (Å²) in [5.74, 6) is 0.534. The summed E-state index contributed by atoms with van der Waals surface area (Å²) in [6.07, 6.45) is 0.325. The lowest BCUT2D eigenvalue weighted by atomic mass is 10.1. The number of rotatable bonds is 5. The maximum atomic E-state index is 12.5. The molecule has 0 spiro atoms. The topological polar surface area (TPSA) is 53.3 Å². The first kappa shape index (κ1) is 15.5. The fraction of sp³-hybridized carbons (Fsp3) is 0.429. The molecule has 0 fully saturated rings. The molecule has 102 valence electrons. The number of nitriles is 1. The second-order valence-electron chi connectivity index (χ2n) is 4.35. The van der Waals surface area contributed by atoms with Crippen molar-refractivity contribution in [2.45, 2.75) is 26.3 Å². The Morgan fingerprint density at radius 3 is 2.74 bits per heavy atom. The number of nitrogens with zero attached hydrogens (tertiary/aromatic N) is 2. The summed E-state index contributed by atoms with van der Waals surface area (Å²) < 4.78 is 5.86. The third kappa shape index (κ3) is 3.97. The maximum absolute atomic E-state index is 12.5. The fourth-order valence-corrected chi connectivity index (χ4v) is 2.13. The highest BCUT2D eigenvalue weighted by Crippen LogP contribution is 2.24. The van der Waals surface area contributed by atoms with Gasteiger partial charge in [-0.2, -0.15) is 5.26 Å². The molecule has 0 aliphatic heterocycles. The lowest BCUT2D eigenvalue weighted by Crippen LogP contribution is -2.37. The molecule has 1 rings (SSSR count). The molecule has 0 radical (unpaired) electrons. The van der Waals surface area contributed by atoms with Crippen molar-refractivity contribution in [3.63, 3.8) is 0 Å². The second kappa shape index (κ2) is 7.15. The smallest absolute Gasteiger partial charge is 0.255 e. The summed E-state index contributed by atoms with van der Waals surface area (Å²) >= 11 is 3.38. The molecule has 0 N–H and O–H groups in total. The summed E-state index contributed by atoms with van der Waals surface area (Å²) in [6, 6.07) is 7.38. The van der Waals surface area contributed by atoms with Gasteiger partial charge in [0.15, 0.2) is 0 Å². The van der Waals surface area contributed by atoms with E-state index in [-0.39, 0.29) is 11.9 Å². The maximum Gasteiger partial charge on any atom is 0.255 e. The van der Waals surface area contributed by atoms with Crippen LogP contribution in [0.4, 0.5) is 0 Å². The fourth-order valence-electron chi connectivity index (χ4n) is 1.71. The van der Waals surface area contributed by atoms with Crippen molar-refractivity contribution in [1.82, 2.24) is 4.90 Å². The zero-order valence-electron chi connectivity index (χ0n) is 11.3. The van der Waals surface area contributed by atoms with Crippen LogP contribution in [0.5, 0.6) is 5.75 Å². The normalized spacial score (nSPS) is 10.1. The molecule has 0 aliphatic carbocycles. The van der Waals surface area contributed by atoms with Gasteiger partial charge in [0.1, 0.15) is 5.75 Å². The number of benzene rings is 1. The molecule has 0 aromatic heterocycles. The van der Waals surface area contributed by atoms with Crippen LogP contribution in [0, 0.1) is 11.3 Å². The number of carbonyl (C=O) groups is 1. The van der Waals surface area contributed by atoms with Gasteiger partial charge in [-0.25, -0.2) is 0 Å². The van der Waals surface area contributed by atoms with E-state index in [0.717, 1.165) is 4.47 Å². The van der Waals surface area contributed by atoms with Crippen molar-refractivity contribution >= 4 is 21.8 Å². The summed E-state index contributed by atoms with van der Waals surface area (Å²) in [6.45, 7) is 4.29. The molecule has 1 amide bonds. The van der Waals surface area contributed by atoms with Gasteiger partial charge < -0.3 is 9.64 Å². The number of hydrogen-bond acceptors (Lipinski definition) is 3. The van der Waals surface area contributed by atoms with Gasteiger partial charge in [-0.3, -0.25) is 4.79 Å². The van der Waals surface area contributed by atoms with Crippen molar-refractivity contribution in [2.24, 2.45) is 0 Å². The number of halogens is 1. The van der Waals surface area contributed by atoms with E-state index in [4.69, 9.17) is 10.00 Å². The number of amides is 1. The Morgan fingerprint density at radius 2 is 2.21 bits per heavy atom. The predicted molar refractivity (Wildman–Crippen MR) is 77.1 cm³/mol. The van der Waals surface area contributed by atoms with Gasteiger partial charge in [0.05, 0.1) is 25.2 Å². The minimum atomic E-state index is -0.101. The van der Waals surface area contributed by atoms with Crippen LogP contribution in [-0.4, -0.2) is 30.5 Å². The monoisotopic (exact) mass is 324 g/mol. The molecule has 0 unspecified atom stereocenters. The minimum Gasteiger partial charge on any atom is -0.497 e. The highest BCUT2D eigenvalue weighted by Gasteiger charge is 2.21. The largest absolute Gasteiger partial charge is 0.497 e. The first-order chi connectivity index (χ1) is 9.01. The Hall–Kier alpha value is -1.54. The zero-order chi connectivity index (χ0) is 14.4. The van der Waals surface area contributed by atoms with Crippen molar-refractivity contribution in [1.29, 1.82) is 5.26 Å². The first-order valence-electron chi connectivity index (χ1n) is 6.02. The molecule has 5 heteroatoms. The molecule has 0 saturated heterocycles. The Balaban J connectivity index is 3.05. The molecular weight excluding hydrogens is 308 g/mol. The van der Waals surface area contributed by atoms with E-state index in [1.54, 1.807) is 30.2 Å². The Labute approximate surface area is 122 Å². The number of ether oxygens (including phenoxy) is 1. The molecular formula is C14H17BrN2O2. The average molecular weight is 325 g/mol. The first-order valence-corrected chi connectivity index (χ1v) is 6.82. The standard InChI is InChI=1S/C14H17BrN2O2/c1-10(2)17(8-4-7-16)14(18)12-9-11(19-3)5-6-13(12)15/h5-6,9-10H,4,8H2,1-3H3. The van der Waals surface area contributed by atoms with Gasteiger partial charge >= 0.3 is 0 Å². The quantitative estimate of drug-likeness (QED) is 0.835. The minimum absolute atomic E-state index is 0.0407. The van der Waals surface area contributed by atoms with E-state index in [2.05, 4.69) is 22.0 Å². The van der Waals surface area contributed by atoms with Crippen LogP contribution < -0.4 is 4.74 Å². The van der Waals surface area contributed by atoms with Gasteiger partial charge in [0.2, 0.25) is 0 Å². The molecule has 0 bridgehead atoms. The van der Waals surface area contributed by atoms with Crippen LogP contribution in [0.15, 0.2) is 22.7 Å². The Morgan fingerprint density at radius 1 is 1.53 bits per heavy atom. The zero-order valence-corrected chi connectivity index (χ0v) is 12.9. The van der Waals surface area contributed by atoms with Crippen LogP contribution in [0.2, 0.25) is 0 Å². The van der Waals surface area contributed by atoms with Crippen molar-refractivity contribution < 1.29 is 9.53 Å². The second-order valence-corrected chi connectivity index (χ2v) is 5.20. The van der Waals surface area contributed by atoms with Gasteiger partial charge in [-0.05, 0) is 48.0 Å². The summed E-state index contributed by atoms with van der Waals surface area (Å²) in [7, 11) is 1.56. The van der Waals surface area contributed by atoms with Gasteiger partial charge in [0, 0.05) is 17.1 Å². The van der Waals surface area contributed by atoms with E-state index >= 15 is 0 Å². The van der Waals surface area contributed by atoms with Crippen molar-refractivity contribution in [2.75, 3.05) is 13.7 Å². The van der Waals surface area contributed by atoms with Crippen LogP contribution in [-0.2, 0) is 0 Å². The molecule has 1 aromatic carbocycles. The van der Waals surface area contributed by atoms with Gasteiger partial charge in [-0.1, -0.05) is 0 Å². The van der Waals surface area contributed by atoms with E-state index < -0.39 is 0 Å². The van der Waals surface area contributed by atoms with E-state index in [1.807, 2.05) is 13.8 Å². The Kier molecular flexibility index (Phi) is 5.84. The summed E-state index contributed by atoms with van der Waals surface area (Å²) in [4.78, 5) is 14.2. The number of hydrogen-bond donors (Lipinski definition) is 0. The lowest BCUT2D eigenvalue weighted by Gasteiger charge is -2.26. The van der Waals surface area contributed by atoms with E-state index in [0.29, 0.717) is 24.3 Å². The SMILES string of the molecule is COc1ccc(Br)c(C(=O)N(CCC#N)C(C)C)c1. The number of carbonyl (C=O) groups excluding carboxylic acids is 1. The van der Waals surface area contributed by atoms with Crippen LogP contribution in [0.25, 0.3) is 0 Å².